The normalized spacial score (nSPS) is 17.5. The molecule has 4 rings (SSSR count). The molecule has 0 radical (unpaired) electrons. The van der Waals surface area contributed by atoms with E-state index in [1.165, 1.54) is 0 Å². The first-order chi connectivity index (χ1) is 16.9. The van der Waals surface area contributed by atoms with Crippen LogP contribution in [-0.4, -0.2) is 79.0 Å². The van der Waals surface area contributed by atoms with Crippen LogP contribution in [0.5, 0.6) is 0 Å². The zero-order chi connectivity index (χ0) is 24.8. The monoisotopic (exact) mass is 497 g/mol. The molecule has 0 N–H and O–H groups in total. The summed E-state index contributed by atoms with van der Waals surface area (Å²) in [4.78, 5) is 38.3. The zero-order valence-electron chi connectivity index (χ0n) is 20.8. The fourth-order valence-corrected chi connectivity index (χ4v) is 5.15. The summed E-state index contributed by atoms with van der Waals surface area (Å²) in [5, 5.41) is 0.678. The van der Waals surface area contributed by atoms with Gasteiger partial charge in [-0.3, -0.25) is 14.5 Å². The Kier molecular flexibility index (Phi) is 8.63. The average molecular weight is 498 g/mol. The maximum Gasteiger partial charge on any atom is 0.230 e. The molecule has 0 atom stereocenters. The van der Waals surface area contributed by atoms with Crippen molar-refractivity contribution in [3.8, 4) is 0 Å². The van der Waals surface area contributed by atoms with E-state index in [-0.39, 0.29) is 17.7 Å². The van der Waals surface area contributed by atoms with Gasteiger partial charge in [-0.1, -0.05) is 23.7 Å². The van der Waals surface area contributed by atoms with Crippen LogP contribution in [0, 0.1) is 12.8 Å². The van der Waals surface area contributed by atoms with E-state index in [2.05, 4.69) is 20.9 Å². The number of piperazine rings is 1. The van der Waals surface area contributed by atoms with E-state index < -0.39 is 0 Å². The van der Waals surface area contributed by atoms with Crippen molar-refractivity contribution in [3.05, 3.63) is 53.2 Å². The van der Waals surface area contributed by atoms with Crippen LogP contribution in [-0.2, 0) is 9.59 Å². The molecule has 0 saturated carbocycles. The number of carbonyl (C=O) groups excluding carboxylic acids is 2. The van der Waals surface area contributed by atoms with E-state index in [9.17, 15) is 9.59 Å². The summed E-state index contributed by atoms with van der Waals surface area (Å²) in [5.41, 5.74) is 1.86. The van der Waals surface area contributed by atoms with E-state index in [1.807, 2.05) is 53.3 Å². The van der Waals surface area contributed by atoms with Gasteiger partial charge in [0.25, 0.3) is 0 Å². The number of anilines is 2. The third-order valence-electron chi connectivity index (χ3n) is 7.22. The highest BCUT2D eigenvalue weighted by atomic mass is 35.5. The Labute approximate surface area is 213 Å². The van der Waals surface area contributed by atoms with Crippen LogP contribution in [0.1, 0.15) is 31.7 Å². The van der Waals surface area contributed by atoms with Gasteiger partial charge in [-0.2, -0.15) is 0 Å². The average Bonchev–Trinajstić information content (AvgIpc) is 2.89. The highest BCUT2D eigenvalue weighted by molar-refractivity contribution is 6.31. The maximum atomic E-state index is 13.6. The van der Waals surface area contributed by atoms with Gasteiger partial charge in [0.05, 0.1) is 0 Å². The van der Waals surface area contributed by atoms with Gasteiger partial charge < -0.3 is 14.7 Å². The van der Waals surface area contributed by atoms with Crippen LogP contribution in [0.3, 0.4) is 0 Å². The molecule has 0 bridgehead atoms. The van der Waals surface area contributed by atoms with Crippen LogP contribution in [0.15, 0.2) is 42.6 Å². The number of piperidine rings is 1. The van der Waals surface area contributed by atoms with Crippen molar-refractivity contribution in [3.63, 3.8) is 0 Å². The highest BCUT2D eigenvalue weighted by Gasteiger charge is 2.30. The number of amides is 2. The largest absolute Gasteiger partial charge is 0.354 e. The Morgan fingerprint density at radius 1 is 1.06 bits per heavy atom. The number of carbonyl (C=O) groups is 2. The van der Waals surface area contributed by atoms with E-state index >= 15 is 0 Å². The van der Waals surface area contributed by atoms with Gasteiger partial charge in [-0.15, -0.1) is 0 Å². The van der Waals surface area contributed by atoms with Crippen LogP contribution >= 0.6 is 11.6 Å². The second-order valence-corrected chi connectivity index (χ2v) is 9.98. The van der Waals surface area contributed by atoms with Crippen LogP contribution in [0.25, 0.3) is 0 Å². The predicted octanol–water partition coefficient (Wildman–Crippen LogP) is 3.85. The number of rotatable bonds is 7. The minimum atomic E-state index is -0.0624. The molecule has 35 heavy (non-hydrogen) atoms. The Morgan fingerprint density at radius 3 is 2.43 bits per heavy atom. The number of benzene rings is 1. The summed E-state index contributed by atoms with van der Waals surface area (Å²) in [6.45, 7) is 10.4. The summed E-state index contributed by atoms with van der Waals surface area (Å²) >= 11 is 6.42. The first-order valence-corrected chi connectivity index (χ1v) is 13.0. The van der Waals surface area contributed by atoms with Gasteiger partial charge in [0, 0.05) is 75.6 Å². The Balaban J connectivity index is 1.35. The van der Waals surface area contributed by atoms with Crippen LogP contribution in [0.4, 0.5) is 11.5 Å². The summed E-state index contributed by atoms with van der Waals surface area (Å²) < 4.78 is 0. The third kappa shape index (κ3) is 6.53. The summed E-state index contributed by atoms with van der Waals surface area (Å²) in [6.07, 6.45) is 4.16. The first kappa shape index (κ1) is 25.5. The van der Waals surface area contributed by atoms with Gasteiger partial charge >= 0.3 is 0 Å². The predicted molar refractivity (Wildman–Crippen MR) is 141 cm³/mol. The molecule has 8 heteroatoms. The molecule has 2 fully saturated rings. The standard InChI is InChI=1S/C27H36ClN5O2/c1-21-7-8-24(20-25(21)28)33(27(35)23-9-14-31(15-10-23)22(2)34)13-5-12-30-16-18-32(19-17-30)26-6-3-4-11-29-26/h3-4,6-8,11,20,23H,5,9-10,12-19H2,1-2H3. The van der Waals surface area contributed by atoms with E-state index in [1.54, 1.807) is 6.92 Å². The van der Waals surface area contributed by atoms with Crippen molar-refractivity contribution in [2.45, 2.75) is 33.1 Å². The number of pyridine rings is 1. The lowest BCUT2D eigenvalue weighted by Gasteiger charge is -2.36. The fraction of sp³-hybridized carbons (Fsp3) is 0.519. The van der Waals surface area contributed by atoms with E-state index in [0.29, 0.717) is 37.5 Å². The maximum absolute atomic E-state index is 13.6. The molecule has 3 heterocycles. The number of aryl methyl sites for hydroxylation is 1. The van der Waals surface area contributed by atoms with Crippen LogP contribution < -0.4 is 9.80 Å². The number of halogens is 1. The molecular weight excluding hydrogens is 462 g/mol. The van der Waals surface area contributed by atoms with Crippen molar-refractivity contribution >= 4 is 34.9 Å². The summed E-state index contributed by atoms with van der Waals surface area (Å²) in [7, 11) is 0. The highest BCUT2D eigenvalue weighted by Crippen LogP contribution is 2.27. The molecule has 1 aromatic carbocycles. The summed E-state index contributed by atoms with van der Waals surface area (Å²) in [6, 6.07) is 11.9. The molecule has 7 nitrogen and oxygen atoms in total. The lowest BCUT2D eigenvalue weighted by Crippen LogP contribution is -2.48. The molecule has 2 aromatic rings. The Bertz CT molecular complexity index is 1000. The van der Waals surface area contributed by atoms with Crippen molar-refractivity contribution in [2.75, 3.05) is 62.2 Å². The topological polar surface area (TPSA) is 60.0 Å². The number of hydrogen-bond acceptors (Lipinski definition) is 5. The third-order valence-corrected chi connectivity index (χ3v) is 7.63. The number of aromatic nitrogens is 1. The van der Waals surface area contributed by atoms with Gasteiger partial charge in [-0.05, 0) is 62.6 Å². The fourth-order valence-electron chi connectivity index (χ4n) is 4.97. The smallest absolute Gasteiger partial charge is 0.230 e. The lowest BCUT2D eigenvalue weighted by atomic mass is 9.94. The molecule has 2 saturated heterocycles. The number of nitrogens with zero attached hydrogens (tertiary/aromatic N) is 5. The minimum Gasteiger partial charge on any atom is -0.354 e. The lowest BCUT2D eigenvalue weighted by molar-refractivity contribution is -0.133. The molecule has 0 aliphatic carbocycles. The van der Waals surface area contributed by atoms with Gasteiger partial charge in [-0.25, -0.2) is 4.98 Å². The van der Waals surface area contributed by atoms with Gasteiger partial charge in [0.15, 0.2) is 0 Å². The molecular formula is C27H36ClN5O2. The van der Waals surface area contributed by atoms with Gasteiger partial charge in [0.1, 0.15) is 5.82 Å². The molecule has 188 valence electrons. The van der Waals surface area contributed by atoms with Crippen molar-refractivity contribution < 1.29 is 9.59 Å². The van der Waals surface area contributed by atoms with Crippen LogP contribution in [0.2, 0.25) is 5.02 Å². The van der Waals surface area contributed by atoms with E-state index in [4.69, 9.17) is 11.6 Å². The Morgan fingerprint density at radius 2 is 1.80 bits per heavy atom. The second kappa shape index (κ2) is 11.9. The zero-order valence-corrected chi connectivity index (χ0v) is 21.6. The van der Waals surface area contributed by atoms with Crippen molar-refractivity contribution in [1.29, 1.82) is 0 Å². The quantitative estimate of drug-likeness (QED) is 0.581. The van der Waals surface area contributed by atoms with Gasteiger partial charge in [0.2, 0.25) is 11.8 Å². The minimum absolute atomic E-state index is 0.0624. The Hall–Kier alpha value is -2.64. The van der Waals surface area contributed by atoms with E-state index in [0.717, 1.165) is 56.2 Å². The van der Waals surface area contributed by atoms with Crippen molar-refractivity contribution in [2.24, 2.45) is 5.92 Å². The molecule has 2 aliphatic rings. The molecule has 1 aromatic heterocycles. The molecule has 2 aliphatic heterocycles. The molecule has 0 unspecified atom stereocenters. The SMILES string of the molecule is CC(=O)N1CCC(C(=O)N(CCCN2CCN(c3ccccn3)CC2)c2ccc(C)c(Cl)c2)CC1. The first-order valence-electron chi connectivity index (χ1n) is 12.6. The molecule has 2 amide bonds. The second-order valence-electron chi connectivity index (χ2n) is 9.57. The van der Waals surface area contributed by atoms with Crippen molar-refractivity contribution in [1.82, 2.24) is 14.8 Å². The number of likely N-dealkylation sites (tertiary alicyclic amines) is 1. The number of hydrogen-bond donors (Lipinski definition) is 0. The molecule has 0 spiro atoms. The summed E-state index contributed by atoms with van der Waals surface area (Å²) in [5.74, 6) is 1.21.